The largest absolute Gasteiger partial charge is 0.310 e. The van der Waals surface area contributed by atoms with Crippen LogP contribution in [0.1, 0.15) is 48.9 Å². The van der Waals surface area contributed by atoms with E-state index in [2.05, 4.69) is 212 Å². The molecule has 0 radical (unpaired) electrons. The SMILES string of the molecule is CC1c2ccccc2-c2ccc(N(c3ccc(-c4ccc5c(c4)c4ccccc4n5-c4ccccc4)cc3)c3ccc4c(c3)C(C)(C)c3ccccc3-4)cc21. The van der Waals surface area contributed by atoms with E-state index >= 15 is 0 Å². The second-order valence-electron chi connectivity index (χ2n) is 15.8. The Kier molecular flexibility index (Phi) is 6.91. The first kappa shape index (κ1) is 31.8. The minimum atomic E-state index is -0.0894. The summed E-state index contributed by atoms with van der Waals surface area (Å²) in [4.78, 5) is 2.45. The van der Waals surface area contributed by atoms with Gasteiger partial charge in [-0.2, -0.15) is 0 Å². The molecular weight excluding hydrogens is 665 g/mol. The lowest BCUT2D eigenvalue weighted by molar-refractivity contribution is 0.660. The molecule has 11 rings (SSSR count). The van der Waals surface area contributed by atoms with Gasteiger partial charge in [0.15, 0.2) is 0 Å². The Morgan fingerprint density at radius 3 is 1.87 bits per heavy atom. The quantitative estimate of drug-likeness (QED) is 0.173. The number of fused-ring (bicyclic) bond motifs is 9. The van der Waals surface area contributed by atoms with Gasteiger partial charge in [0.05, 0.1) is 11.0 Å². The molecule has 0 aliphatic heterocycles. The minimum absolute atomic E-state index is 0.0894. The van der Waals surface area contributed by atoms with E-state index < -0.39 is 0 Å². The molecule has 8 aromatic carbocycles. The van der Waals surface area contributed by atoms with Crippen molar-refractivity contribution in [3.8, 4) is 39.1 Å². The summed E-state index contributed by atoms with van der Waals surface area (Å²) in [5.74, 6) is 0.339. The van der Waals surface area contributed by atoms with Crippen LogP contribution >= 0.6 is 0 Å². The molecule has 1 atom stereocenters. The summed E-state index contributed by atoms with van der Waals surface area (Å²) in [5.41, 5.74) is 20.4. The standard InChI is InChI=1S/C53H40N2/c1-34-41-15-7-8-16-42(41)43-28-26-39(32-47(34)43)54(40-27-29-45-44-17-9-11-19-49(44)53(2,3)50(45)33-40)38-24-21-35(22-25-38)36-23-30-52-48(31-36)46-18-10-12-20-51(46)55(52)37-13-5-4-6-14-37/h4-34H,1-3H3. The van der Waals surface area contributed by atoms with Gasteiger partial charge in [0.2, 0.25) is 0 Å². The molecule has 262 valence electrons. The van der Waals surface area contributed by atoms with Gasteiger partial charge in [-0.05, 0) is 122 Å². The van der Waals surface area contributed by atoms with Crippen molar-refractivity contribution in [2.75, 3.05) is 4.90 Å². The van der Waals surface area contributed by atoms with Crippen LogP contribution in [0.15, 0.2) is 182 Å². The molecule has 0 saturated heterocycles. The van der Waals surface area contributed by atoms with E-state index in [9.17, 15) is 0 Å². The fourth-order valence-electron chi connectivity index (χ4n) is 9.67. The third-order valence-corrected chi connectivity index (χ3v) is 12.4. The number of benzene rings is 8. The molecular formula is C53H40N2. The molecule has 0 saturated carbocycles. The molecule has 2 nitrogen and oxygen atoms in total. The molecule has 2 heteroatoms. The molecule has 0 N–H and O–H groups in total. The number of aromatic nitrogens is 1. The highest BCUT2D eigenvalue weighted by atomic mass is 15.1. The lowest BCUT2D eigenvalue weighted by Gasteiger charge is -2.29. The van der Waals surface area contributed by atoms with Gasteiger partial charge >= 0.3 is 0 Å². The van der Waals surface area contributed by atoms with Crippen molar-refractivity contribution in [3.63, 3.8) is 0 Å². The fraction of sp³-hybridized carbons (Fsp3) is 0.0943. The Hall–Kier alpha value is -6.64. The second kappa shape index (κ2) is 11.9. The average molecular weight is 705 g/mol. The maximum Gasteiger partial charge on any atom is 0.0541 e. The van der Waals surface area contributed by atoms with E-state index in [1.165, 1.54) is 94.5 Å². The maximum atomic E-state index is 2.45. The number of anilines is 3. The van der Waals surface area contributed by atoms with Gasteiger partial charge in [-0.3, -0.25) is 0 Å². The summed E-state index contributed by atoms with van der Waals surface area (Å²) in [6.07, 6.45) is 0. The van der Waals surface area contributed by atoms with Crippen molar-refractivity contribution < 1.29 is 0 Å². The maximum absolute atomic E-state index is 2.45. The molecule has 0 fully saturated rings. The first-order valence-corrected chi connectivity index (χ1v) is 19.4. The highest BCUT2D eigenvalue weighted by Crippen LogP contribution is 2.52. The second-order valence-corrected chi connectivity index (χ2v) is 15.8. The molecule has 9 aromatic rings. The van der Waals surface area contributed by atoms with Gasteiger partial charge in [-0.15, -0.1) is 0 Å². The topological polar surface area (TPSA) is 8.17 Å². The summed E-state index contributed by atoms with van der Waals surface area (Å²) in [5, 5.41) is 2.53. The highest BCUT2D eigenvalue weighted by molar-refractivity contribution is 6.10. The van der Waals surface area contributed by atoms with Crippen LogP contribution in [0.5, 0.6) is 0 Å². The van der Waals surface area contributed by atoms with Crippen LogP contribution in [0.3, 0.4) is 0 Å². The van der Waals surface area contributed by atoms with Crippen LogP contribution in [0.25, 0.3) is 60.9 Å². The van der Waals surface area contributed by atoms with Crippen molar-refractivity contribution in [1.82, 2.24) is 4.57 Å². The molecule has 1 aromatic heterocycles. The zero-order chi connectivity index (χ0) is 36.8. The first-order valence-electron chi connectivity index (χ1n) is 19.4. The van der Waals surface area contributed by atoms with Crippen molar-refractivity contribution in [3.05, 3.63) is 204 Å². The molecule has 2 aliphatic carbocycles. The van der Waals surface area contributed by atoms with E-state index in [-0.39, 0.29) is 5.41 Å². The smallest absolute Gasteiger partial charge is 0.0541 e. The molecule has 1 unspecified atom stereocenters. The Morgan fingerprint density at radius 2 is 1.04 bits per heavy atom. The number of para-hydroxylation sites is 2. The first-order chi connectivity index (χ1) is 27.0. The fourth-order valence-corrected chi connectivity index (χ4v) is 9.67. The van der Waals surface area contributed by atoms with Crippen LogP contribution in [0.2, 0.25) is 0 Å². The van der Waals surface area contributed by atoms with Crippen molar-refractivity contribution in [2.45, 2.75) is 32.1 Å². The number of rotatable bonds is 5. The summed E-state index contributed by atoms with van der Waals surface area (Å²) in [6, 6.07) is 67.5. The van der Waals surface area contributed by atoms with E-state index in [1.807, 2.05) is 0 Å². The predicted octanol–water partition coefficient (Wildman–Crippen LogP) is 14.4. The van der Waals surface area contributed by atoms with Crippen molar-refractivity contribution in [1.29, 1.82) is 0 Å². The third kappa shape index (κ3) is 4.74. The summed E-state index contributed by atoms with van der Waals surface area (Å²) in [7, 11) is 0. The number of hydrogen-bond donors (Lipinski definition) is 0. The van der Waals surface area contributed by atoms with Gasteiger partial charge in [0.1, 0.15) is 0 Å². The lowest BCUT2D eigenvalue weighted by Crippen LogP contribution is -2.16. The van der Waals surface area contributed by atoms with Crippen molar-refractivity contribution >= 4 is 38.9 Å². The summed E-state index contributed by atoms with van der Waals surface area (Å²) >= 11 is 0. The zero-order valence-electron chi connectivity index (χ0n) is 31.3. The Morgan fingerprint density at radius 1 is 0.436 bits per heavy atom. The predicted molar refractivity (Wildman–Crippen MR) is 231 cm³/mol. The van der Waals surface area contributed by atoms with E-state index in [4.69, 9.17) is 0 Å². The Balaban J connectivity index is 1.03. The Labute approximate surface area is 322 Å². The van der Waals surface area contributed by atoms with Crippen molar-refractivity contribution in [2.24, 2.45) is 0 Å². The van der Waals surface area contributed by atoms with Gasteiger partial charge in [-0.1, -0.05) is 136 Å². The molecule has 2 aliphatic rings. The van der Waals surface area contributed by atoms with Crippen LogP contribution in [0.4, 0.5) is 17.1 Å². The normalized spacial score (nSPS) is 14.8. The average Bonchev–Trinajstić information content (AvgIpc) is 3.80. The minimum Gasteiger partial charge on any atom is -0.310 e. The van der Waals surface area contributed by atoms with E-state index in [1.54, 1.807) is 0 Å². The lowest BCUT2D eigenvalue weighted by atomic mass is 9.82. The van der Waals surface area contributed by atoms with Crippen LogP contribution in [0, 0.1) is 0 Å². The van der Waals surface area contributed by atoms with Crippen LogP contribution < -0.4 is 4.90 Å². The summed E-state index contributed by atoms with van der Waals surface area (Å²) < 4.78 is 2.38. The van der Waals surface area contributed by atoms with E-state index in [0.29, 0.717) is 5.92 Å². The molecule has 0 amide bonds. The van der Waals surface area contributed by atoms with E-state index in [0.717, 1.165) is 5.69 Å². The molecule has 1 heterocycles. The van der Waals surface area contributed by atoms with Crippen LogP contribution in [-0.4, -0.2) is 4.57 Å². The number of hydrogen-bond acceptors (Lipinski definition) is 1. The molecule has 0 spiro atoms. The Bertz CT molecular complexity index is 2960. The van der Waals surface area contributed by atoms with Crippen LogP contribution in [-0.2, 0) is 5.41 Å². The summed E-state index contributed by atoms with van der Waals surface area (Å²) in [6.45, 7) is 7.07. The molecule has 55 heavy (non-hydrogen) atoms. The monoisotopic (exact) mass is 704 g/mol. The zero-order valence-corrected chi connectivity index (χ0v) is 31.3. The third-order valence-electron chi connectivity index (χ3n) is 12.4. The van der Waals surface area contributed by atoms with Gasteiger partial charge < -0.3 is 9.47 Å². The number of nitrogens with zero attached hydrogens (tertiary/aromatic N) is 2. The van der Waals surface area contributed by atoms with Gasteiger partial charge in [0.25, 0.3) is 0 Å². The molecule has 0 bridgehead atoms. The van der Waals surface area contributed by atoms with Gasteiger partial charge in [0, 0.05) is 44.9 Å². The van der Waals surface area contributed by atoms with Gasteiger partial charge in [-0.25, -0.2) is 0 Å². The highest BCUT2D eigenvalue weighted by Gasteiger charge is 2.36.